The molecule has 0 aliphatic heterocycles. The number of likely N-dealkylation sites (N-methyl/N-ethyl adjacent to an activating group) is 1. The molecule has 2 rings (SSSR count). The normalized spacial score (nSPS) is 10.8. The maximum absolute atomic E-state index is 12.7. The van der Waals surface area contributed by atoms with Crippen LogP contribution in [0.5, 0.6) is 5.75 Å². The Morgan fingerprint density at radius 2 is 2.08 bits per heavy atom. The van der Waals surface area contributed by atoms with Crippen molar-refractivity contribution in [3.8, 4) is 5.75 Å². The lowest BCUT2D eigenvalue weighted by atomic mass is 10.1. The van der Waals surface area contributed by atoms with Gasteiger partial charge in [-0.25, -0.2) is 9.97 Å². The maximum atomic E-state index is 12.7. The van der Waals surface area contributed by atoms with E-state index in [1.165, 1.54) is 0 Å². The van der Waals surface area contributed by atoms with Crippen LogP contribution in [0, 0.1) is 0 Å². The molecule has 0 aliphatic carbocycles. The molecule has 0 fully saturated rings. The lowest BCUT2D eigenvalue weighted by Crippen LogP contribution is -2.35. The number of nitrogen functional groups attached to an aromatic ring is 1. The van der Waals surface area contributed by atoms with Gasteiger partial charge < -0.3 is 15.4 Å². The molecule has 2 N–H and O–H groups in total. The molecule has 134 valence electrons. The van der Waals surface area contributed by atoms with Gasteiger partial charge in [0.15, 0.2) is 0 Å². The summed E-state index contributed by atoms with van der Waals surface area (Å²) in [5.74, 6) is 0.761. The third-order valence-electron chi connectivity index (χ3n) is 3.67. The topological polar surface area (TPSA) is 81.3 Å². The average Bonchev–Trinajstić information content (AvgIpc) is 2.57. The van der Waals surface area contributed by atoms with Crippen LogP contribution in [0.3, 0.4) is 0 Å². The van der Waals surface area contributed by atoms with Crippen molar-refractivity contribution in [3.63, 3.8) is 0 Å². The van der Waals surface area contributed by atoms with Crippen molar-refractivity contribution in [2.45, 2.75) is 26.7 Å². The Morgan fingerprint density at radius 1 is 1.32 bits per heavy atom. The number of carbonyl (C=O) groups excluding carboxylic acids is 1. The van der Waals surface area contributed by atoms with Crippen LogP contribution in [-0.4, -0.2) is 40.5 Å². The first kappa shape index (κ1) is 19.0. The molecule has 1 heterocycles. The Hall–Kier alpha value is -2.34. The summed E-state index contributed by atoms with van der Waals surface area (Å²) >= 11 is 5.93. The van der Waals surface area contributed by atoms with Crippen molar-refractivity contribution in [2.24, 2.45) is 0 Å². The summed E-state index contributed by atoms with van der Waals surface area (Å²) in [6.45, 7) is 7.23. The van der Waals surface area contributed by atoms with Gasteiger partial charge in [0.25, 0.3) is 5.91 Å². The van der Waals surface area contributed by atoms with Crippen molar-refractivity contribution in [2.75, 3.05) is 25.4 Å². The molecule has 1 aromatic heterocycles. The van der Waals surface area contributed by atoms with E-state index in [1.807, 2.05) is 32.9 Å². The number of halogens is 1. The molecule has 0 spiro atoms. The van der Waals surface area contributed by atoms with E-state index in [0.29, 0.717) is 36.2 Å². The van der Waals surface area contributed by atoms with Gasteiger partial charge in [0, 0.05) is 17.3 Å². The molecule has 1 amide bonds. The minimum absolute atomic E-state index is 0.112. The zero-order chi connectivity index (χ0) is 18.4. The van der Waals surface area contributed by atoms with Crippen LogP contribution in [0.25, 0.3) is 0 Å². The summed E-state index contributed by atoms with van der Waals surface area (Å²) in [7, 11) is 0. The van der Waals surface area contributed by atoms with E-state index in [9.17, 15) is 4.79 Å². The molecule has 2 aromatic rings. The number of nitrogens with two attached hydrogens (primary N) is 1. The van der Waals surface area contributed by atoms with Crippen LogP contribution < -0.4 is 10.5 Å². The fraction of sp³-hybridized carbons (Fsp3) is 0.389. The molecule has 0 unspecified atom stereocenters. The number of hydrogen-bond acceptors (Lipinski definition) is 5. The number of amides is 1. The van der Waals surface area contributed by atoms with Crippen LogP contribution in [0.4, 0.5) is 5.95 Å². The van der Waals surface area contributed by atoms with Crippen LogP contribution in [0.2, 0.25) is 5.02 Å². The predicted octanol–water partition coefficient (Wildman–Crippen LogP) is 3.38. The SMILES string of the molecule is CCN(CCOc1cccc(Cl)c1)C(=O)c1cc(C(C)C)nc(N)n1. The molecule has 0 aliphatic rings. The molecule has 0 saturated heterocycles. The number of carbonyl (C=O) groups is 1. The molecule has 0 bridgehead atoms. The molecular formula is C18H23ClN4O2. The van der Waals surface area contributed by atoms with E-state index >= 15 is 0 Å². The van der Waals surface area contributed by atoms with E-state index in [-0.39, 0.29) is 17.8 Å². The molecule has 6 nitrogen and oxygen atoms in total. The number of benzene rings is 1. The molecule has 1 aromatic carbocycles. The van der Waals surface area contributed by atoms with E-state index in [4.69, 9.17) is 22.1 Å². The number of ether oxygens (including phenoxy) is 1. The van der Waals surface area contributed by atoms with Gasteiger partial charge in [-0.2, -0.15) is 0 Å². The number of rotatable bonds is 7. The van der Waals surface area contributed by atoms with E-state index < -0.39 is 0 Å². The Labute approximate surface area is 153 Å². The average molecular weight is 363 g/mol. The van der Waals surface area contributed by atoms with Crippen LogP contribution in [0.15, 0.2) is 30.3 Å². The maximum Gasteiger partial charge on any atom is 0.272 e. The lowest BCUT2D eigenvalue weighted by Gasteiger charge is -2.21. The van der Waals surface area contributed by atoms with Gasteiger partial charge in [-0.3, -0.25) is 4.79 Å². The lowest BCUT2D eigenvalue weighted by molar-refractivity contribution is 0.0733. The summed E-state index contributed by atoms with van der Waals surface area (Å²) in [5.41, 5.74) is 6.79. The van der Waals surface area contributed by atoms with Crippen LogP contribution in [-0.2, 0) is 0 Å². The van der Waals surface area contributed by atoms with Gasteiger partial charge >= 0.3 is 0 Å². The van der Waals surface area contributed by atoms with E-state index in [2.05, 4.69) is 9.97 Å². The highest BCUT2D eigenvalue weighted by molar-refractivity contribution is 6.30. The highest BCUT2D eigenvalue weighted by Crippen LogP contribution is 2.17. The van der Waals surface area contributed by atoms with Crippen LogP contribution >= 0.6 is 11.6 Å². The molecule has 0 atom stereocenters. The third-order valence-corrected chi connectivity index (χ3v) is 3.90. The summed E-state index contributed by atoms with van der Waals surface area (Å²) in [6.07, 6.45) is 0. The Kier molecular flexibility index (Phi) is 6.58. The van der Waals surface area contributed by atoms with Gasteiger partial charge in [0.1, 0.15) is 18.1 Å². The van der Waals surface area contributed by atoms with Gasteiger partial charge in [0.05, 0.1) is 6.54 Å². The van der Waals surface area contributed by atoms with Gasteiger partial charge in [-0.1, -0.05) is 31.5 Å². The molecule has 25 heavy (non-hydrogen) atoms. The second kappa shape index (κ2) is 8.67. The van der Waals surface area contributed by atoms with Crippen molar-refractivity contribution in [3.05, 3.63) is 46.7 Å². The predicted molar refractivity (Wildman–Crippen MR) is 99.1 cm³/mol. The minimum atomic E-state index is -0.187. The molecule has 0 radical (unpaired) electrons. The zero-order valence-corrected chi connectivity index (χ0v) is 15.5. The number of hydrogen-bond donors (Lipinski definition) is 1. The standard InChI is InChI=1S/C18H23ClN4O2/c1-4-23(8-9-25-14-7-5-6-13(19)10-14)17(24)16-11-15(12(2)3)21-18(20)22-16/h5-7,10-12H,4,8-9H2,1-3H3,(H2,20,21,22). The zero-order valence-electron chi connectivity index (χ0n) is 14.7. The summed E-state index contributed by atoms with van der Waals surface area (Å²) < 4.78 is 5.66. The molecule has 0 saturated carbocycles. The first-order valence-electron chi connectivity index (χ1n) is 8.22. The first-order valence-corrected chi connectivity index (χ1v) is 8.60. The van der Waals surface area contributed by atoms with Crippen LogP contribution in [0.1, 0.15) is 42.9 Å². The number of aromatic nitrogens is 2. The molecule has 7 heteroatoms. The van der Waals surface area contributed by atoms with Gasteiger partial charge in [0.2, 0.25) is 5.95 Å². The van der Waals surface area contributed by atoms with Gasteiger partial charge in [-0.05, 0) is 37.1 Å². The van der Waals surface area contributed by atoms with Crippen molar-refractivity contribution in [1.82, 2.24) is 14.9 Å². The monoisotopic (exact) mass is 362 g/mol. The summed E-state index contributed by atoms with van der Waals surface area (Å²) in [4.78, 5) is 22.6. The van der Waals surface area contributed by atoms with Gasteiger partial charge in [-0.15, -0.1) is 0 Å². The van der Waals surface area contributed by atoms with E-state index in [1.54, 1.807) is 23.1 Å². The fourth-order valence-corrected chi connectivity index (χ4v) is 2.47. The van der Waals surface area contributed by atoms with Crippen molar-refractivity contribution >= 4 is 23.5 Å². The van der Waals surface area contributed by atoms with Crippen molar-refractivity contribution < 1.29 is 9.53 Å². The Balaban J connectivity index is 2.03. The summed E-state index contributed by atoms with van der Waals surface area (Å²) in [5, 5.41) is 0.610. The molecular weight excluding hydrogens is 340 g/mol. The smallest absolute Gasteiger partial charge is 0.272 e. The minimum Gasteiger partial charge on any atom is -0.492 e. The third kappa shape index (κ3) is 5.32. The summed E-state index contributed by atoms with van der Waals surface area (Å²) in [6, 6.07) is 8.85. The number of anilines is 1. The van der Waals surface area contributed by atoms with Crippen molar-refractivity contribution in [1.29, 1.82) is 0 Å². The first-order chi connectivity index (χ1) is 11.9. The number of nitrogens with zero attached hydrogens (tertiary/aromatic N) is 3. The fourth-order valence-electron chi connectivity index (χ4n) is 2.29. The quantitative estimate of drug-likeness (QED) is 0.816. The highest BCUT2D eigenvalue weighted by Gasteiger charge is 2.18. The Bertz CT molecular complexity index is 737. The largest absolute Gasteiger partial charge is 0.492 e. The second-order valence-electron chi connectivity index (χ2n) is 5.88. The second-order valence-corrected chi connectivity index (χ2v) is 6.32. The van der Waals surface area contributed by atoms with E-state index in [0.717, 1.165) is 5.69 Å². The highest BCUT2D eigenvalue weighted by atomic mass is 35.5. The Morgan fingerprint density at radius 3 is 2.72 bits per heavy atom.